The maximum atomic E-state index is 10.4. The summed E-state index contributed by atoms with van der Waals surface area (Å²) in [6.07, 6.45) is 2.33. The molecule has 0 aliphatic rings. The van der Waals surface area contributed by atoms with Crippen LogP contribution in [0.25, 0.3) is 6.08 Å². The fourth-order valence-electron chi connectivity index (χ4n) is 1.63. The van der Waals surface area contributed by atoms with E-state index in [0.717, 1.165) is 16.2 Å². The highest BCUT2D eigenvalue weighted by Gasteiger charge is 2.02. The number of para-hydroxylation sites is 1. The minimum Gasteiger partial charge on any atom is -0.488 e. The van der Waals surface area contributed by atoms with Crippen LogP contribution in [0.1, 0.15) is 11.1 Å². The monoisotopic (exact) mass is 333 g/mol. The van der Waals surface area contributed by atoms with E-state index in [1.807, 2.05) is 36.4 Å². The Balaban J connectivity index is 2.09. The van der Waals surface area contributed by atoms with Crippen molar-refractivity contribution in [2.24, 2.45) is 0 Å². The van der Waals surface area contributed by atoms with E-state index >= 15 is 0 Å². The van der Waals surface area contributed by atoms with Gasteiger partial charge in [0.05, 0.1) is 4.92 Å². The molecule has 0 unspecified atom stereocenters. The molecule has 4 nitrogen and oxygen atoms in total. The van der Waals surface area contributed by atoms with Gasteiger partial charge in [-0.25, -0.2) is 0 Å². The van der Waals surface area contributed by atoms with Gasteiger partial charge in [-0.1, -0.05) is 46.3 Å². The van der Waals surface area contributed by atoms with Crippen molar-refractivity contribution in [3.63, 3.8) is 0 Å². The quantitative estimate of drug-likeness (QED) is 0.606. The SMILES string of the molecule is O=[N+]([O-])C=Cc1ccccc1OCc1ccc(Br)cc1. The van der Waals surface area contributed by atoms with Gasteiger partial charge in [0, 0.05) is 16.1 Å². The molecule has 5 heteroatoms. The first kappa shape index (κ1) is 14.3. The number of hydrogen-bond acceptors (Lipinski definition) is 3. The average Bonchev–Trinajstić information content (AvgIpc) is 2.45. The summed E-state index contributed by atoms with van der Waals surface area (Å²) in [5, 5.41) is 10.4. The number of hydrogen-bond donors (Lipinski definition) is 0. The fraction of sp³-hybridized carbons (Fsp3) is 0.0667. The van der Waals surface area contributed by atoms with Crippen LogP contribution in [-0.2, 0) is 6.61 Å². The van der Waals surface area contributed by atoms with Crippen molar-refractivity contribution < 1.29 is 9.66 Å². The Morgan fingerprint density at radius 1 is 1.15 bits per heavy atom. The highest BCUT2D eigenvalue weighted by atomic mass is 79.9. The molecular weight excluding hydrogens is 322 g/mol. The van der Waals surface area contributed by atoms with E-state index in [1.165, 1.54) is 6.08 Å². The lowest BCUT2D eigenvalue weighted by atomic mass is 10.2. The summed E-state index contributed by atoms with van der Waals surface area (Å²) in [7, 11) is 0. The van der Waals surface area contributed by atoms with E-state index in [9.17, 15) is 10.1 Å². The third-order valence-corrected chi connectivity index (χ3v) is 3.13. The molecular formula is C15H12BrNO3. The summed E-state index contributed by atoms with van der Waals surface area (Å²) < 4.78 is 6.72. The number of halogens is 1. The smallest absolute Gasteiger partial charge is 0.235 e. The molecule has 0 amide bonds. The maximum absolute atomic E-state index is 10.4. The Kier molecular flexibility index (Phi) is 4.90. The molecule has 0 aliphatic carbocycles. The van der Waals surface area contributed by atoms with E-state index in [-0.39, 0.29) is 0 Å². The third-order valence-electron chi connectivity index (χ3n) is 2.60. The van der Waals surface area contributed by atoms with Crippen molar-refractivity contribution in [3.8, 4) is 5.75 Å². The van der Waals surface area contributed by atoms with Crippen LogP contribution < -0.4 is 4.74 Å². The Morgan fingerprint density at radius 3 is 2.55 bits per heavy atom. The van der Waals surface area contributed by atoms with Gasteiger partial charge in [-0.15, -0.1) is 0 Å². The average molecular weight is 334 g/mol. The molecule has 0 radical (unpaired) electrons. The molecule has 0 atom stereocenters. The third kappa shape index (κ3) is 4.20. The van der Waals surface area contributed by atoms with E-state index in [0.29, 0.717) is 17.9 Å². The second-order valence-corrected chi connectivity index (χ2v) is 4.97. The molecule has 0 fully saturated rings. The van der Waals surface area contributed by atoms with Crippen LogP contribution in [0.5, 0.6) is 5.75 Å². The zero-order valence-electron chi connectivity index (χ0n) is 10.5. The second kappa shape index (κ2) is 6.86. The Bertz CT molecular complexity index is 623. The molecule has 2 aromatic rings. The van der Waals surface area contributed by atoms with Gasteiger partial charge in [-0.2, -0.15) is 0 Å². The highest BCUT2D eigenvalue weighted by molar-refractivity contribution is 9.10. The summed E-state index contributed by atoms with van der Waals surface area (Å²) in [5.74, 6) is 0.619. The predicted molar refractivity (Wildman–Crippen MR) is 80.9 cm³/mol. The zero-order valence-corrected chi connectivity index (χ0v) is 12.1. The van der Waals surface area contributed by atoms with Gasteiger partial charge in [0.1, 0.15) is 12.4 Å². The van der Waals surface area contributed by atoms with Gasteiger partial charge in [0.2, 0.25) is 6.20 Å². The molecule has 20 heavy (non-hydrogen) atoms. The van der Waals surface area contributed by atoms with E-state index in [4.69, 9.17) is 4.74 Å². The van der Waals surface area contributed by atoms with Gasteiger partial charge in [-0.05, 0) is 23.8 Å². The molecule has 0 heterocycles. The maximum Gasteiger partial charge on any atom is 0.235 e. The van der Waals surface area contributed by atoms with Gasteiger partial charge in [0.25, 0.3) is 0 Å². The molecule has 0 aromatic heterocycles. The number of nitro groups is 1. The summed E-state index contributed by atoms with van der Waals surface area (Å²) in [4.78, 5) is 9.87. The minimum atomic E-state index is -0.495. The minimum absolute atomic E-state index is 0.413. The number of benzene rings is 2. The van der Waals surface area contributed by atoms with Crippen LogP contribution in [0.3, 0.4) is 0 Å². The van der Waals surface area contributed by atoms with Gasteiger partial charge in [0.15, 0.2) is 0 Å². The predicted octanol–water partition coefficient (Wildman–Crippen LogP) is 4.28. The molecule has 0 saturated heterocycles. The molecule has 0 aliphatic heterocycles. The molecule has 0 spiro atoms. The van der Waals surface area contributed by atoms with Crippen molar-refractivity contribution >= 4 is 22.0 Å². The van der Waals surface area contributed by atoms with Gasteiger partial charge < -0.3 is 4.74 Å². The Labute approximate surface area is 125 Å². The Morgan fingerprint density at radius 2 is 1.85 bits per heavy atom. The van der Waals surface area contributed by atoms with E-state index in [2.05, 4.69) is 15.9 Å². The number of ether oxygens (including phenoxy) is 1. The van der Waals surface area contributed by atoms with Crippen molar-refractivity contribution in [2.45, 2.75) is 6.61 Å². The highest BCUT2D eigenvalue weighted by Crippen LogP contribution is 2.21. The summed E-state index contributed by atoms with van der Waals surface area (Å²) in [6.45, 7) is 0.413. The van der Waals surface area contributed by atoms with E-state index in [1.54, 1.807) is 12.1 Å². The number of nitrogens with zero attached hydrogens (tertiary/aromatic N) is 1. The molecule has 0 N–H and O–H groups in total. The van der Waals surface area contributed by atoms with Gasteiger partial charge >= 0.3 is 0 Å². The number of rotatable bonds is 5. The fourth-order valence-corrected chi connectivity index (χ4v) is 1.90. The van der Waals surface area contributed by atoms with Crippen LogP contribution in [0, 0.1) is 10.1 Å². The van der Waals surface area contributed by atoms with Crippen LogP contribution in [0.4, 0.5) is 0 Å². The first-order chi connectivity index (χ1) is 9.65. The van der Waals surface area contributed by atoms with Crippen molar-refractivity contribution in [2.75, 3.05) is 0 Å². The lowest BCUT2D eigenvalue weighted by Gasteiger charge is -2.08. The van der Waals surface area contributed by atoms with Crippen molar-refractivity contribution in [1.29, 1.82) is 0 Å². The Hall–Kier alpha value is -2.14. The molecule has 2 rings (SSSR count). The topological polar surface area (TPSA) is 52.4 Å². The molecule has 0 bridgehead atoms. The normalized spacial score (nSPS) is 10.7. The van der Waals surface area contributed by atoms with Crippen molar-refractivity contribution in [3.05, 3.63) is 80.4 Å². The van der Waals surface area contributed by atoms with Crippen LogP contribution in [-0.4, -0.2) is 4.92 Å². The standard InChI is InChI=1S/C15H12BrNO3/c16-14-7-5-12(6-8-14)11-20-15-4-2-1-3-13(15)9-10-17(18)19/h1-10H,11H2. The van der Waals surface area contributed by atoms with E-state index < -0.39 is 4.92 Å². The first-order valence-electron chi connectivity index (χ1n) is 5.93. The van der Waals surface area contributed by atoms with Crippen LogP contribution >= 0.6 is 15.9 Å². The summed E-state index contributed by atoms with van der Waals surface area (Å²) in [5.41, 5.74) is 1.71. The summed E-state index contributed by atoms with van der Waals surface area (Å²) in [6, 6.07) is 15.0. The summed E-state index contributed by atoms with van der Waals surface area (Å²) >= 11 is 3.37. The van der Waals surface area contributed by atoms with Crippen LogP contribution in [0.15, 0.2) is 59.2 Å². The molecule has 102 valence electrons. The first-order valence-corrected chi connectivity index (χ1v) is 6.72. The van der Waals surface area contributed by atoms with Gasteiger partial charge in [-0.3, -0.25) is 10.1 Å². The van der Waals surface area contributed by atoms with Crippen molar-refractivity contribution in [1.82, 2.24) is 0 Å². The largest absolute Gasteiger partial charge is 0.488 e. The lowest BCUT2D eigenvalue weighted by molar-refractivity contribution is -0.400. The second-order valence-electron chi connectivity index (χ2n) is 4.05. The molecule has 0 saturated carbocycles. The van der Waals surface area contributed by atoms with Crippen LogP contribution in [0.2, 0.25) is 0 Å². The molecule has 2 aromatic carbocycles. The lowest BCUT2D eigenvalue weighted by Crippen LogP contribution is -1.96. The zero-order chi connectivity index (χ0) is 14.4.